The fourth-order valence-corrected chi connectivity index (χ4v) is 3.21. The van der Waals surface area contributed by atoms with Crippen LogP contribution in [0.1, 0.15) is 31.0 Å². The summed E-state index contributed by atoms with van der Waals surface area (Å²) in [5.74, 6) is 2.73. The molecular weight excluding hydrogens is 324 g/mol. The van der Waals surface area contributed by atoms with Gasteiger partial charge in [0.25, 0.3) is 0 Å². The molecule has 1 aliphatic rings. The van der Waals surface area contributed by atoms with E-state index in [2.05, 4.69) is 10.1 Å². The Kier molecular flexibility index (Phi) is 8.20. The Morgan fingerprint density at radius 1 is 1.59 bits per heavy atom. The van der Waals surface area contributed by atoms with Crippen molar-refractivity contribution in [3.8, 4) is 0 Å². The lowest BCUT2D eigenvalue weighted by Gasteiger charge is -2.33. The molecule has 1 aliphatic heterocycles. The van der Waals surface area contributed by atoms with Crippen molar-refractivity contribution in [3.05, 3.63) is 11.7 Å². The van der Waals surface area contributed by atoms with Gasteiger partial charge in [0, 0.05) is 26.4 Å². The standard InChI is InChI=1S/C14H24N4O2S.ClH/c1-10-16-13(17-20-10)8-11-4-3-6-18(9-11)14(19)12(15)5-7-21-2;/h11-12H,3-9,15H2,1-2H3;1H/t11?,12-;/m0./s1. The van der Waals surface area contributed by atoms with Crippen LogP contribution in [0.15, 0.2) is 4.52 Å². The number of hydrogen-bond donors (Lipinski definition) is 1. The van der Waals surface area contributed by atoms with Crippen LogP contribution >= 0.6 is 24.2 Å². The maximum atomic E-state index is 12.3. The van der Waals surface area contributed by atoms with Crippen molar-refractivity contribution in [2.45, 2.75) is 38.6 Å². The maximum Gasteiger partial charge on any atom is 0.239 e. The second kappa shape index (κ2) is 9.37. The highest BCUT2D eigenvalue weighted by Gasteiger charge is 2.27. The minimum Gasteiger partial charge on any atom is -0.341 e. The number of nitrogens with zero attached hydrogens (tertiary/aromatic N) is 3. The van der Waals surface area contributed by atoms with Gasteiger partial charge in [-0.1, -0.05) is 5.16 Å². The van der Waals surface area contributed by atoms with Crippen LogP contribution in [0.4, 0.5) is 0 Å². The van der Waals surface area contributed by atoms with E-state index in [9.17, 15) is 4.79 Å². The van der Waals surface area contributed by atoms with Crippen LogP contribution < -0.4 is 5.73 Å². The number of carbonyl (C=O) groups is 1. The lowest BCUT2D eigenvalue weighted by Crippen LogP contribution is -2.48. The minimum absolute atomic E-state index is 0. The highest BCUT2D eigenvalue weighted by atomic mass is 35.5. The summed E-state index contributed by atoms with van der Waals surface area (Å²) in [6.07, 6.45) is 5.65. The summed E-state index contributed by atoms with van der Waals surface area (Å²) in [5, 5.41) is 3.94. The predicted octanol–water partition coefficient (Wildman–Crippen LogP) is 1.66. The van der Waals surface area contributed by atoms with Gasteiger partial charge in [0.15, 0.2) is 5.82 Å². The molecule has 2 N–H and O–H groups in total. The van der Waals surface area contributed by atoms with Gasteiger partial charge < -0.3 is 15.2 Å². The Hall–Kier alpha value is -0.790. The van der Waals surface area contributed by atoms with Crippen LogP contribution in [0.25, 0.3) is 0 Å². The highest BCUT2D eigenvalue weighted by molar-refractivity contribution is 7.98. The average molecular weight is 349 g/mol. The van der Waals surface area contributed by atoms with Crippen molar-refractivity contribution in [2.24, 2.45) is 11.7 Å². The molecule has 0 radical (unpaired) electrons. The van der Waals surface area contributed by atoms with Crippen molar-refractivity contribution in [1.29, 1.82) is 0 Å². The van der Waals surface area contributed by atoms with Crippen molar-refractivity contribution in [1.82, 2.24) is 15.0 Å². The van der Waals surface area contributed by atoms with E-state index >= 15 is 0 Å². The Bertz CT molecular complexity index is 471. The van der Waals surface area contributed by atoms with Crippen LogP contribution in [-0.4, -0.2) is 52.1 Å². The van der Waals surface area contributed by atoms with Crippen LogP contribution in [0, 0.1) is 12.8 Å². The minimum atomic E-state index is -0.372. The van der Waals surface area contributed by atoms with Crippen LogP contribution in [0.5, 0.6) is 0 Å². The van der Waals surface area contributed by atoms with Crippen molar-refractivity contribution in [3.63, 3.8) is 0 Å². The number of halogens is 1. The van der Waals surface area contributed by atoms with Gasteiger partial charge in [-0.05, 0) is 37.2 Å². The molecule has 2 atom stereocenters. The summed E-state index contributed by atoms with van der Waals surface area (Å²) < 4.78 is 5.00. The Labute approximate surface area is 142 Å². The first-order valence-corrected chi connectivity index (χ1v) is 8.82. The molecule has 126 valence electrons. The summed E-state index contributed by atoms with van der Waals surface area (Å²) in [6, 6.07) is -0.372. The van der Waals surface area contributed by atoms with E-state index in [-0.39, 0.29) is 24.4 Å². The normalized spacial score (nSPS) is 19.6. The van der Waals surface area contributed by atoms with E-state index in [1.807, 2.05) is 11.2 Å². The lowest BCUT2D eigenvalue weighted by molar-refractivity contribution is -0.134. The Balaban J connectivity index is 0.00000242. The Morgan fingerprint density at radius 3 is 3.00 bits per heavy atom. The molecule has 1 saturated heterocycles. The highest BCUT2D eigenvalue weighted by Crippen LogP contribution is 2.20. The summed E-state index contributed by atoms with van der Waals surface area (Å²) in [7, 11) is 0. The molecule has 0 aliphatic carbocycles. The maximum absolute atomic E-state index is 12.3. The monoisotopic (exact) mass is 348 g/mol. The largest absolute Gasteiger partial charge is 0.341 e. The van der Waals surface area contributed by atoms with Gasteiger partial charge in [0.2, 0.25) is 11.8 Å². The molecule has 0 bridgehead atoms. The molecule has 2 rings (SSSR count). The van der Waals surface area contributed by atoms with Crippen LogP contribution in [0.3, 0.4) is 0 Å². The molecule has 2 heterocycles. The van der Waals surface area contributed by atoms with Crippen LogP contribution in [-0.2, 0) is 11.2 Å². The zero-order chi connectivity index (χ0) is 15.2. The third-order valence-electron chi connectivity index (χ3n) is 3.82. The number of rotatable bonds is 6. The molecule has 1 amide bonds. The van der Waals surface area contributed by atoms with E-state index in [0.717, 1.165) is 50.4 Å². The molecule has 1 aromatic rings. The quantitative estimate of drug-likeness (QED) is 0.841. The number of thioether (sulfide) groups is 1. The van der Waals surface area contributed by atoms with Gasteiger partial charge in [-0.25, -0.2) is 0 Å². The number of hydrogen-bond acceptors (Lipinski definition) is 6. The van der Waals surface area contributed by atoms with E-state index in [1.54, 1.807) is 18.7 Å². The zero-order valence-corrected chi connectivity index (χ0v) is 14.8. The molecule has 1 fully saturated rings. The lowest BCUT2D eigenvalue weighted by atomic mass is 9.94. The third kappa shape index (κ3) is 5.44. The number of piperidine rings is 1. The number of aryl methyl sites for hydroxylation is 1. The number of amides is 1. The van der Waals surface area contributed by atoms with Crippen molar-refractivity contribution < 1.29 is 9.32 Å². The Morgan fingerprint density at radius 2 is 2.36 bits per heavy atom. The summed E-state index contributed by atoms with van der Waals surface area (Å²) in [4.78, 5) is 18.5. The first-order valence-electron chi connectivity index (χ1n) is 7.42. The number of likely N-dealkylation sites (tertiary alicyclic amines) is 1. The molecule has 0 saturated carbocycles. The second-order valence-electron chi connectivity index (χ2n) is 5.61. The number of carbonyl (C=O) groups excluding carboxylic acids is 1. The SMILES string of the molecule is CSCC[C@H](N)C(=O)N1CCCC(Cc2noc(C)n2)C1.Cl. The topological polar surface area (TPSA) is 85.3 Å². The smallest absolute Gasteiger partial charge is 0.239 e. The molecule has 0 aromatic carbocycles. The molecule has 8 heteroatoms. The average Bonchev–Trinajstić information content (AvgIpc) is 2.89. The van der Waals surface area contributed by atoms with E-state index in [4.69, 9.17) is 10.3 Å². The molecule has 1 aromatic heterocycles. The van der Waals surface area contributed by atoms with Gasteiger partial charge in [0.05, 0.1) is 6.04 Å². The van der Waals surface area contributed by atoms with Crippen LogP contribution in [0.2, 0.25) is 0 Å². The first-order chi connectivity index (χ1) is 10.1. The second-order valence-corrected chi connectivity index (χ2v) is 6.60. The third-order valence-corrected chi connectivity index (χ3v) is 4.47. The summed E-state index contributed by atoms with van der Waals surface area (Å²) in [6.45, 7) is 3.35. The van der Waals surface area contributed by atoms with Gasteiger partial charge in [-0.15, -0.1) is 12.4 Å². The number of nitrogens with two attached hydrogens (primary N) is 1. The van der Waals surface area contributed by atoms with Gasteiger partial charge in [-0.2, -0.15) is 16.7 Å². The molecular formula is C14H25ClN4O2S. The fourth-order valence-electron chi connectivity index (χ4n) is 2.72. The predicted molar refractivity (Wildman–Crippen MR) is 90.3 cm³/mol. The zero-order valence-electron chi connectivity index (χ0n) is 13.2. The number of aromatic nitrogens is 2. The van der Waals surface area contributed by atoms with Gasteiger partial charge in [-0.3, -0.25) is 4.79 Å². The van der Waals surface area contributed by atoms with Gasteiger partial charge >= 0.3 is 0 Å². The van der Waals surface area contributed by atoms with E-state index < -0.39 is 0 Å². The van der Waals surface area contributed by atoms with E-state index in [1.165, 1.54) is 0 Å². The molecule has 22 heavy (non-hydrogen) atoms. The van der Waals surface area contributed by atoms with Crippen molar-refractivity contribution in [2.75, 3.05) is 25.1 Å². The summed E-state index contributed by atoms with van der Waals surface area (Å²) in [5.41, 5.74) is 5.99. The van der Waals surface area contributed by atoms with E-state index in [0.29, 0.717) is 11.8 Å². The van der Waals surface area contributed by atoms with Gasteiger partial charge in [0.1, 0.15) is 0 Å². The molecule has 6 nitrogen and oxygen atoms in total. The first kappa shape index (κ1) is 19.3. The fraction of sp³-hybridized carbons (Fsp3) is 0.786. The molecule has 0 spiro atoms. The summed E-state index contributed by atoms with van der Waals surface area (Å²) >= 11 is 1.72. The molecule has 1 unspecified atom stereocenters. The van der Waals surface area contributed by atoms with Crippen molar-refractivity contribution >= 4 is 30.1 Å².